The monoisotopic (exact) mass is 296 g/mol. The van der Waals surface area contributed by atoms with Gasteiger partial charge < -0.3 is 10.6 Å². The Morgan fingerprint density at radius 2 is 2.14 bits per heavy atom. The minimum atomic E-state index is -0.328. The topological polar surface area (TPSA) is 88.3 Å². The first-order chi connectivity index (χ1) is 10.1. The highest BCUT2D eigenvalue weighted by Gasteiger charge is 2.25. The molecule has 2 rings (SSSR count). The van der Waals surface area contributed by atoms with E-state index in [4.69, 9.17) is 0 Å². The zero-order chi connectivity index (χ0) is 15.2. The van der Waals surface area contributed by atoms with E-state index < -0.39 is 0 Å². The third-order valence-corrected chi connectivity index (χ3v) is 3.69. The minimum Gasteiger partial charge on any atom is -0.363 e. The van der Waals surface area contributed by atoms with Gasteiger partial charge >= 0.3 is 5.69 Å². The fourth-order valence-corrected chi connectivity index (χ4v) is 2.63. The number of hydrogen-bond donors (Lipinski definition) is 2. The standard InChI is InChI=1S/C13H24N6O2/c1-3-4-11-12(19(20)21)13(17(2)16-11)15-7-10-18-8-5-14-6-9-18/h14-15H,3-10H2,1-2H3. The van der Waals surface area contributed by atoms with Crippen molar-refractivity contribution < 1.29 is 4.92 Å². The summed E-state index contributed by atoms with van der Waals surface area (Å²) in [6, 6.07) is 0. The van der Waals surface area contributed by atoms with Gasteiger partial charge in [0.05, 0.1) is 4.92 Å². The van der Waals surface area contributed by atoms with Crippen molar-refractivity contribution in [1.29, 1.82) is 0 Å². The predicted octanol–water partition coefficient (Wildman–Crippen LogP) is 0.598. The van der Waals surface area contributed by atoms with Crippen LogP contribution in [0.1, 0.15) is 19.0 Å². The van der Waals surface area contributed by atoms with Crippen molar-refractivity contribution in [1.82, 2.24) is 20.0 Å². The highest BCUT2D eigenvalue weighted by atomic mass is 16.6. The lowest BCUT2D eigenvalue weighted by atomic mass is 10.2. The molecule has 2 heterocycles. The number of piperazine rings is 1. The summed E-state index contributed by atoms with van der Waals surface area (Å²) in [5, 5.41) is 22.1. The molecule has 0 unspecified atom stereocenters. The molecular weight excluding hydrogens is 272 g/mol. The number of rotatable bonds is 7. The van der Waals surface area contributed by atoms with Crippen LogP contribution < -0.4 is 10.6 Å². The van der Waals surface area contributed by atoms with Crippen LogP contribution in [0, 0.1) is 10.1 Å². The summed E-state index contributed by atoms with van der Waals surface area (Å²) in [4.78, 5) is 13.3. The summed E-state index contributed by atoms with van der Waals surface area (Å²) >= 11 is 0. The molecular formula is C13H24N6O2. The van der Waals surface area contributed by atoms with Crippen molar-refractivity contribution in [3.8, 4) is 0 Å². The van der Waals surface area contributed by atoms with Gasteiger partial charge in [-0.2, -0.15) is 5.10 Å². The van der Waals surface area contributed by atoms with Crippen LogP contribution in [0.5, 0.6) is 0 Å². The summed E-state index contributed by atoms with van der Waals surface area (Å²) in [5.41, 5.74) is 0.689. The second-order valence-corrected chi connectivity index (χ2v) is 5.29. The smallest absolute Gasteiger partial charge is 0.333 e. The van der Waals surface area contributed by atoms with Crippen LogP contribution in [0.15, 0.2) is 0 Å². The van der Waals surface area contributed by atoms with Gasteiger partial charge in [0.1, 0.15) is 5.69 Å². The van der Waals surface area contributed by atoms with E-state index in [1.165, 1.54) is 0 Å². The summed E-state index contributed by atoms with van der Waals surface area (Å²) in [5.74, 6) is 0.513. The number of aryl methyl sites for hydroxylation is 2. The van der Waals surface area contributed by atoms with Gasteiger partial charge in [-0.1, -0.05) is 13.3 Å². The molecule has 1 saturated heterocycles. The average molecular weight is 296 g/mol. The molecule has 1 aliphatic heterocycles. The average Bonchev–Trinajstić information content (AvgIpc) is 2.77. The van der Waals surface area contributed by atoms with Gasteiger partial charge in [-0.3, -0.25) is 15.0 Å². The van der Waals surface area contributed by atoms with Crippen LogP contribution in [0.4, 0.5) is 11.5 Å². The van der Waals surface area contributed by atoms with Crippen LogP contribution in [0.25, 0.3) is 0 Å². The summed E-state index contributed by atoms with van der Waals surface area (Å²) < 4.78 is 1.58. The lowest BCUT2D eigenvalue weighted by Gasteiger charge is -2.27. The molecule has 8 heteroatoms. The molecule has 1 aromatic rings. The Morgan fingerprint density at radius 1 is 1.43 bits per heavy atom. The van der Waals surface area contributed by atoms with Gasteiger partial charge in [0, 0.05) is 46.3 Å². The second-order valence-electron chi connectivity index (χ2n) is 5.29. The summed E-state index contributed by atoms with van der Waals surface area (Å²) in [7, 11) is 1.75. The zero-order valence-electron chi connectivity index (χ0n) is 12.8. The second kappa shape index (κ2) is 7.37. The molecule has 0 spiro atoms. The first-order valence-electron chi connectivity index (χ1n) is 7.50. The molecule has 0 saturated carbocycles. The maximum absolute atomic E-state index is 11.3. The van der Waals surface area contributed by atoms with E-state index in [0.29, 0.717) is 24.5 Å². The minimum absolute atomic E-state index is 0.125. The van der Waals surface area contributed by atoms with Crippen LogP contribution in [0.3, 0.4) is 0 Å². The van der Waals surface area contributed by atoms with E-state index in [1.54, 1.807) is 11.7 Å². The molecule has 1 aliphatic rings. The Hall–Kier alpha value is -1.67. The molecule has 0 amide bonds. The van der Waals surface area contributed by atoms with E-state index in [9.17, 15) is 10.1 Å². The van der Waals surface area contributed by atoms with Crippen molar-refractivity contribution >= 4 is 11.5 Å². The molecule has 0 bridgehead atoms. The van der Waals surface area contributed by atoms with Crippen LogP contribution in [-0.2, 0) is 13.5 Å². The first kappa shape index (κ1) is 15.7. The highest BCUT2D eigenvalue weighted by molar-refractivity contribution is 5.59. The maximum atomic E-state index is 11.3. The normalized spacial score (nSPS) is 16.1. The van der Waals surface area contributed by atoms with Gasteiger partial charge in [0.2, 0.25) is 5.82 Å². The third-order valence-electron chi connectivity index (χ3n) is 3.69. The van der Waals surface area contributed by atoms with E-state index in [1.807, 2.05) is 6.92 Å². The lowest BCUT2D eigenvalue weighted by Crippen LogP contribution is -2.45. The summed E-state index contributed by atoms with van der Waals surface area (Å²) in [6.45, 7) is 7.63. The van der Waals surface area contributed by atoms with Gasteiger partial charge in [0.15, 0.2) is 0 Å². The predicted molar refractivity (Wildman–Crippen MR) is 81.7 cm³/mol. The van der Waals surface area contributed by atoms with Crippen molar-refractivity contribution in [3.63, 3.8) is 0 Å². The molecule has 0 aromatic carbocycles. The van der Waals surface area contributed by atoms with Crippen LogP contribution in [-0.4, -0.2) is 58.9 Å². The SMILES string of the molecule is CCCc1nn(C)c(NCCN2CCNCC2)c1[N+](=O)[O-]. The molecule has 8 nitrogen and oxygen atoms in total. The molecule has 1 fully saturated rings. The molecule has 2 N–H and O–H groups in total. The fourth-order valence-electron chi connectivity index (χ4n) is 2.63. The van der Waals surface area contributed by atoms with E-state index in [0.717, 1.165) is 39.1 Å². The number of anilines is 1. The molecule has 118 valence electrons. The van der Waals surface area contributed by atoms with Crippen LogP contribution >= 0.6 is 0 Å². The Morgan fingerprint density at radius 3 is 2.76 bits per heavy atom. The van der Waals surface area contributed by atoms with Gasteiger partial charge in [-0.15, -0.1) is 0 Å². The van der Waals surface area contributed by atoms with Crippen molar-refractivity contribution in [2.75, 3.05) is 44.6 Å². The van der Waals surface area contributed by atoms with Crippen molar-refractivity contribution in [2.24, 2.45) is 7.05 Å². The van der Waals surface area contributed by atoms with Crippen molar-refractivity contribution in [3.05, 3.63) is 15.8 Å². The number of nitrogens with zero attached hydrogens (tertiary/aromatic N) is 4. The Kier molecular flexibility index (Phi) is 5.51. The quantitative estimate of drug-likeness (QED) is 0.566. The fraction of sp³-hybridized carbons (Fsp3) is 0.769. The largest absolute Gasteiger partial charge is 0.363 e. The summed E-state index contributed by atoms with van der Waals surface area (Å²) in [6.07, 6.45) is 1.47. The number of aromatic nitrogens is 2. The number of nitro groups is 1. The molecule has 21 heavy (non-hydrogen) atoms. The maximum Gasteiger partial charge on any atom is 0.333 e. The number of nitrogens with one attached hydrogen (secondary N) is 2. The zero-order valence-corrected chi connectivity index (χ0v) is 12.8. The molecule has 0 aliphatic carbocycles. The van der Waals surface area contributed by atoms with E-state index in [2.05, 4.69) is 20.6 Å². The Bertz CT molecular complexity index is 481. The molecule has 0 atom stereocenters. The Balaban J connectivity index is 1.99. The van der Waals surface area contributed by atoms with Crippen LogP contribution in [0.2, 0.25) is 0 Å². The van der Waals surface area contributed by atoms with E-state index in [-0.39, 0.29) is 10.6 Å². The van der Waals surface area contributed by atoms with Gasteiger partial charge in [-0.05, 0) is 6.42 Å². The van der Waals surface area contributed by atoms with Crippen molar-refractivity contribution in [2.45, 2.75) is 19.8 Å². The Labute approximate surface area is 124 Å². The van der Waals surface area contributed by atoms with Gasteiger partial charge in [-0.25, -0.2) is 4.68 Å². The third kappa shape index (κ3) is 3.92. The van der Waals surface area contributed by atoms with E-state index >= 15 is 0 Å². The molecule has 0 radical (unpaired) electrons. The highest BCUT2D eigenvalue weighted by Crippen LogP contribution is 2.28. The molecule has 1 aromatic heterocycles. The lowest BCUT2D eigenvalue weighted by molar-refractivity contribution is -0.384. The van der Waals surface area contributed by atoms with Gasteiger partial charge in [0.25, 0.3) is 0 Å². The number of hydrogen-bond acceptors (Lipinski definition) is 6. The first-order valence-corrected chi connectivity index (χ1v) is 7.50.